The maximum atomic E-state index is 11.0. The van der Waals surface area contributed by atoms with Gasteiger partial charge in [-0.3, -0.25) is 4.79 Å². The highest BCUT2D eigenvalue weighted by atomic mass is 35.5. The van der Waals surface area contributed by atoms with Crippen LogP contribution in [0.15, 0.2) is 18.2 Å². The van der Waals surface area contributed by atoms with E-state index in [9.17, 15) is 4.79 Å². The molecule has 0 aliphatic heterocycles. The van der Waals surface area contributed by atoms with Crippen LogP contribution in [-0.2, 0) is 0 Å². The van der Waals surface area contributed by atoms with Gasteiger partial charge in [0.05, 0.1) is 0 Å². The summed E-state index contributed by atoms with van der Waals surface area (Å²) in [5.41, 5.74) is 1.66. The fraction of sp³-hybridized carbons (Fsp3) is 0.500. The number of hydrogen-bond acceptors (Lipinski definition) is 1. The first-order valence-electron chi connectivity index (χ1n) is 6.18. The highest BCUT2D eigenvalue weighted by Gasteiger charge is 2.17. The summed E-state index contributed by atoms with van der Waals surface area (Å²) < 4.78 is 0. The monoisotopic (exact) mass is 270 g/mol. The van der Waals surface area contributed by atoms with Gasteiger partial charge in [-0.15, -0.1) is 0 Å². The van der Waals surface area contributed by atoms with Crippen molar-refractivity contribution in [2.75, 3.05) is 0 Å². The second kappa shape index (κ2) is 5.88. The first kappa shape index (κ1) is 12.9. The molecule has 0 bridgehead atoms. The van der Waals surface area contributed by atoms with Crippen molar-refractivity contribution in [3.8, 4) is 0 Å². The third kappa shape index (κ3) is 3.23. The molecule has 17 heavy (non-hydrogen) atoms. The number of hydrogen-bond donors (Lipinski definition) is 0. The molecule has 2 rings (SSSR count). The Bertz CT molecular complexity index is 407. The summed E-state index contributed by atoms with van der Waals surface area (Å²) in [7, 11) is 0. The first-order valence-corrected chi connectivity index (χ1v) is 6.93. The Morgan fingerprint density at radius 3 is 2.29 bits per heavy atom. The average molecular weight is 271 g/mol. The fourth-order valence-corrected chi connectivity index (χ4v) is 3.02. The Hall–Kier alpha value is -0.530. The Balaban J connectivity index is 2.22. The Kier molecular flexibility index (Phi) is 4.47. The van der Waals surface area contributed by atoms with Gasteiger partial charge in [-0.1, -0.05) is 43.4 Å². The van der Waals surface area contributed by atoms with Crippen LogP contribution in [0, 0.1) is 0 Å². The Morgan fingerprint density at radius 2 is 1.76 bits per heavy atom. The molecule has 0 radical (unpaired) electrons. The maximum absolute atomic E-state index is 11.0. The van der Waals surface area contributed by atoms with Crippen LogP contribution in [0.4, 0.5) is 0 Å². The van der Waals surface area contributed by atoms with E-state index in [1.165, 1.54) is 44.1 Å². The fourth-order valence-electron chi connectivity index (χ4n) is 2.57. The molecule has 0 amide bonds. The van der Waals surface area contributed by atoms with E-state index in [4.69, 9.17) is 23.2 Å². The van der Waals surface area contributed by atoms with Gasteiger partial charge in [0.25, 0.3) is 5.24 Å². The van der Waals surface area contributed by atoms with E-state index in [1.54, 1.807) is 12.1 Å². The lowest BCUT2D eigenvalue weighted by Crippen LogP contribution is -2.00. The van der Waals surface area contributed by atoms with Gasteiger partial charge in [0.2, 0.25) is 0 Å². The number of carbonyl (C=O) groups excluding carboxylic acids is 1. The summed E-state index contributed by atoms with van der Waals surface area (Å²) in [6.07, 6.45) is 7.61. The topological polar surface area (TPSA) is 17.1 Å². The van der Waals surface area contributed by atoms with Gasteiger partial charge in [-0.05, 0) is 48.1 Å². The van der Waals surface area contributed by atoms with Crippen molar-refractivity contribution in [3.63, 3.8) is 0 Å². The molecule has 0 unspecified atom stereocenters. The highest BCUT2D eigenvalue weighted by molar-refractivity contribution is 6.67. The third-order valence-electron chi connectivity index (χ3n) is 3.52. The van der Waals surface area contributed by atoms with Gasteiger partial charge < -0.3 is 0 Å². The minimum atomic E-state index is -0.445. The number of carbonyl (C=O) groups is 1. The van der Waals surface area contributed by atoms with Crippen LogP contribution in [0.25, 0.3) is 0 Å². The minimum absolute atomic E-state index is 0.445. The quantitative estimate of drug-likeness (QED) is 0.536. The van der Waals surface area contributed by atoms with Crippen molar-refractivity contribution in [1.82, 2.24) is 0 Å². The molecule has 1 aromatic carbocycles. The lowest BCUT2D eigenvalue weighted by atomic mass is 9.91. The van der Waals surface area contributed by atoms with Crippen molar-refractivity contribution < 1.29 is 4.79 Å². The summed E-state index contributed by atoms with van der Waals surface area (Å²) in [5, 5.41) is 0.239. The molecule has 92 valence electrons. The minimum Gasteiger partial charge on any atom is -0.276 e. The Labute approximate surface area is 112 Å². The van der Waals surface area contributed by atoms with E-state index in [-0.39, 0.29) is 0 Å². The van der Waals surface area contributed by atoms with E-state index in [0.717, 1.165) is 0 Å². The van der Waals surface area contributed by atoms with Crippen molar-refractivity contribution in [1.29, 1.82) is 0 Å². The summed E-state index contributed by atoms with van der Waals surface area (Å²) in [5.74, 6) is 0.546. The average Bonchev–Trinajstić information content (AvgIpc) is 2.57. The van der Waals surface area contributed by atoms with Gasteiger partial charge in [-0.25, -0.2) is 0 Å². The van der Waals surface area contributed by atoms with Crippen LogP contribution in [0.1, 0.15) is 60.4 Å². The van der Waals surface area contributed by atoms with Gasteiger partial charge in [-0.2, -0.15) is 0 Å². The lowest BCUT2D eigenvalue weighted by molar-refractivity contribution is 0.108. The van der Waals surface area contributed by atoms with Crippen LogP contribution in [-0.4, -0.2) is 5.24 Å². The zero-order chi connectivity index (χ0) is 12.3. The molecule has 0 N–H and O–H groups in total. The molecule has 0 atom stereocenters. The van der Waals surface area contributed by atoms with Crippen molar-refractivity contribution in [3.05, 3.63) is 34.3 Å². The second-order valence-electron chi connectivity index (χ2n) is 4.70. The lowest BCUT2D eigenvalue weighted by Gasteiger charge is -2.16. The third-order valence-corrected chi connectivity index (χ3v) is 4.07. The Morgan fingerprint density at radius 1 is 1.12 bits per heavy atom. The van der Waals surface area contributed by atoms with Crippen LogP contribution in [0.5, 0.6) is 0 Å². The molecular formula is C14H16Cl2O. The predicted molar refractivity (Wildman–Crippen MR) is 72.1 cm³/mol. The van der Waals surface area contributed by atoms with Crippen molar-refractivity contribution >= 4 is 28.4 Å². The van der Waals surface area contributed by atoms with Crippen LogP contribution in [0.3, 0.4) is 0 Å². The molecule has 0 heterocycles. The van der Waals surface area contributed by atoms with Gasteiger partial charge in [0.1, 0.15) is 0 Å². The van der Waals surface area contributed by atoms with E-state index in [2.05, 4.69) is 0 Å². The first-order chi connectivity index (χ1) is 8.18. The predicted octanol–water partition coefficient (Wildman–Crippen LogP) is 5.16. The summed E-state index contributed by atoms with van der Waals surface area (Å²) in [6.45, 7) is 0. The van der Waals surface area contributed by atoms with E-state index in [1.807, 2.05) is 6.07 Å². The molecule has 1 fully saturated rings. The molecule has 1 aliphatic carbocycles. The van der Waals surface area contributed by atoms with E-state index in [0.29, 0.717) is 16.5 Å². The molecule has 0 spiro atoms. The van der Waals surface area contributed by atoms with Gasteiger partial charge in [0.15, 0.2) is 0 Å². The zero-order valence-corrected chi connectivity index (χ0v) is 11.2. The van der Waals surface area contributed by atoms with Crippen LogP contribution >= 0.6 is 23.2 Å². The second-order valence-corrected chi connectivity index (χ2v) is 5.45. The van der Waals surface area contributed by atoms with E-state index < -0.39 is 5.24 Å². The van der Waals surface area contributed by atoms with E-state index >= 15 is 0 Å². The van der Waals surface area contributed by atoms with Gasteiger partial charge >= 0.3 is 0 Å². The summed E-state index contributed by atoms with van der Waals surface area (Å²) >= 11 is 11.7. The molecule has 1 saturated carbocycles. The number of rotatable bonds is 2. The molecular weight excluding hydrogens is 255 g/mol. The smallest absolute Gasteiger partial charge is 0.252 e. The molecule has 1 nitrogen and oxygen atoms in total. The number of halogens is 2. The summed E-state index contributed by atoms with van der Waals surface area (Å²) in [4.78, 5) is 11.0. The highest BCUT2D eigenvalue weighted by Crippen LogP contribution is 2.35. The maximum Gasteiger partial charge on any atom is 0.252 e. The molecule has 1 aliphatic rings. The zero-order valence-electron chi connectivity index (χ0n) is 9.72. The SMILES string of the molecule is O=C(Cl)c1ccc(C2CCCCCC2)c(Cl)c1. The molecule has 0 saturated heterocycles. The summed E-state index contributed by atoms with van der Waals surface area (Å²) in [6, 6.07) is 5.44. The van der Waals surface area contributed by atoms with Crippen LogP contribution in [0.2, 0.25) is 5.02 Å². The van der Waals surface area contributed by atoms with Gasteiger partial charge in [0, 0.05) is 10.6 Å². The molecule has 1 aromatic rings. The van der Waals surface area contributed by atoms with Crippen molar-refractivity contribution in [2.45, 2.75) is 44.4 Å². The van der Waals surface area contributed by atoms with Crippen LogP contribution < -0.4 is 0 Å². The van der Waals surface area contributed by atoms with Crippen molar-refractivity contribution in [2.24, 2.45) is 0 Å². The number of benzene rings is 1. The molecule has 0 aromatic heterocycles. The standard InChI is InChI=1S/C14H16Cl2O/c15-13-9-11(14(16)17)7-8-12(13)10-5-3-1-2-4-6-10/h7-10H,1-6H2. The largest absolute Gasteiger partial charge is 0.276 e. The molecule has 3 heteroatoms. The normalized spacial score (nSPS) is 17.8.